The summed E-state index contributed by atoms with van der Waals surface area (Å²) < 4.78 is 10.3. The van der Waals surface area contributed by atoms with Crippen LogP contribution >= 0.6 is 0 Å². The van der Waals surface area contributed by atoms with Crippen molar-refractivity contribution in [3.05, 3.63) is 0 Å². The quantitative estimate of drug-likeness (QED) is 0.612. The van der Waals surface area contributed by atoms with Gasteiger partial charge in [-0.2, -0.15) is 0 Å². The molecule has 32 heavy (non-hydrogen) atoms. The van der Waals surface area contributed by atoms with Gasteiger partial charge in [-0.3, -0.25) is 9.59 Å². The van der Waals surface area contributed by atoms with Gasteiger partial charge in [-0.25, -0.2) is 4.79 Å². The van der Waals surface area contributed by atoms with E-state index in [1.54, 1.807) is 0 Å². The zero-order chi connectivity index (χ0) is 23.3. The molecule has 0 spiro atoms. The summed E-state index contributed by atoms with van der Waals surface area (Å²) in [5, 5.41) is 0. The minimum Gasteiger partial charge on any atom is -0.469 e. The second-order valence-corrected chi connectivity index (χ2v) is 10.6. The molecule has 3 saturated heterocycles. The highest BCUT2D eigenvalue weighted by Gasteiger charge is 2.34. The molecule has 3 aliphatic rings. The van der Waals surface area contributed by atoms with Crippen molar-refractivity contribution in [1.82, 2.24) is 14.7 Å². The summed E-state index contributed by atoms with van der Waals surface area (Å²) in [5.74, 6) is 0.752. The van der Waals surface area contributed by atoms with Crippen molar-refractivity contribution in [2.75, 3.05) is 52.9 Å². The lowest BCUT2D eigenvalue weighted by Gasteiger charge is -2.39. The number of carbonyl (C=O) groups excluding carboxylic acids is 3. The Morgan fingerprint density at radius 3 is 1.84 bits per heavy atom. The molecule has 2 amide bonds. The van der Waals surface area contributed by atoms with E-state index in [1.807, 2.05) is 30.6 Å². The van der Waals surface area contributed by atoms with Gasteiger partial charge in [-0.05, 0) is 78.3 Å². The summed E-state index contributed by atoms with van der Waals surface area (Å²) in [7, 11) is 1.43. The molecular formula is C24H41N3O5. The van der Waals surface area contributed by atoms with Crippen molar-refractivity contribution in [3.8, 4) is 0 Å². The number of hydrogen-bond acceptors (Lipinski definition) is 6. The molecule has 0 saturated carbocycles. The lowest BCUT2D eigenvalue weighted by Crippen LogP contribution is -2.47. The Labute approximate surface area is 192 Å². The summed E-state index contributed by atoms with van der Waals surface area (Å²) in [6, 6.07) is 0. The molecule has 0 unspecified atom stereocenters. The molecule has 0 bridgehead atoms. The first kappa shape index (κ1) is 24.8. The lowest BCUT2D eigenvalue weighted by atomic mass is 9.90. The SMILES string of the molecule is COC(=O)C1CCN(C(=O)C2CCN(CC3CCN(C(=O)OC(C)(C)C)CC3)CC2)CC1. The van der Waals surface area contributed by atoms with Gasteiger partial charge in [0.05, 0.1) is 13.0 Å². The topological polar surface area (TPSA) is 79.4 Å². The molecule has 8 nitrogen and oxygen atoms in total. The van der Waals surface area contributed by atoms with E-state index in [2.05, 4.69) is 4.90 Å². The van der Waals surface area contributed by atoms with Gasteiger partial charge >= 0.3 is 12.1 Å². The number of piperidine rings is 3. The highest BCUT2D eigenvalue weighted by Crippen LogP contribution is 2.26. The average Bonchev–Trinajstić information content (AvgIpc) is 2.78. The van der Waals surface area contributed by atoms with Crippen molar-refractivity contribution in [2.24, 2.45) is 17.8 Å². The molecule has 3 aliphatic heterocycles. The first-order valence-corrected chi connectivity index (χ1v) is 12.2. The molecule has 182 valence electrons. The van der Waals surface area contributed by atoms with Crippen LogP contribution in [-0.4, -0.2) is 91.2 Å². The molecule has 0 N–H and O–H groups in total. The van der Waals surface area contributed by atoms with E-state index in [0.717, 1.165) is 58.4 Å². The maximum atomic E-state index is 12.9. The van der Waals surface area contributed by atoms with Gasteiger partial charge in [0.2, 0.25) is 5.91 Å². The van der Waals surface area contributed by atoms with Crippen molar-refractivity contribution in [1.29, 1.82) is 0 Å². The van der Waals surface area contributed by atoms with Crippen LogP contribution in [0.15, 0.2) is 0 Å². The smallest absolute Gasteiger partial charge is 0.410 e. The highest BCUT2D eigenvalue weighted by molar-refractivity contribution is 5.79. The molecule has 3 heterocycles. The number of nitrogens with zero attached hydrogens (tertiary/aromatic N) is 3. The number of rotatable bonds is 4. The molecule has 0 aromatic rings. The average molecular weight is 452 g/mol. The van der Waals surface area contributed by atoms with Crippen LogP contribution < -0.4 is 0 Å². The zero-order valence-corrected chi connectivity index (χ0v) is 20.3. The zero-order valence-electron chi connectivity index (χ0n) is 20.3. The summed E-state index contributed by atoms with van der Waals surface area (Å²) in [6.45, 7) is 11.5. The highest BCUT2D eigenvalue weighted by atomic mass is 16.6. The van der Waals surface area contributed by atoms with Crippen LogP contribution in [0.1, 0.15) is 59.3 Å². The van der Waals surface area contributed by atoms with Gasteiger partial charge in [0.25, 0.3) is 0 Å². The van der Waals surface area contributed by atoms with E-state index in [0.29, 0.717) is 31.8 Å². The Morgan fingerprint density at radius 2 is 1.31 bits per heavy atom. The maximum absolute atomic E-state index is 12.9. The Hall–Kier alpha value is -1.83. The molecule has 0 aromatic heterocycles. The second kappa shape index (κ2) is 10.9. The van der Waals surface area contributed by atoms with Gasteiger partial charge in [-0.15, -0.1) is 0 Å². The molecule has 0 aromatic carbocycles. The van der Waals surface area contributed by atoms with Crippen LogP contribution in [0.5, 0.6) is 0 Å². The number of ether oxygens (including phenoxy) is 2. The van der Waals surface area contributed by atoms with E-state index in [-0.39, 0.29) is 29.8 Å². The summed E-state index contributed by atoms with van der Waals surface area (Å²) in [6.07, 6.45) is 5.05. The lowest BCUT2D eigenvalue weighted by molar-refractivity contribution is -0.150. The predicted octanol–water partition coefficient (Wildman–Crippen LogP) is 2.76. The molecular weight excluding hydrogens is 410 g/mol. The fourth-order valence-corrected chi connectivity index (χ4v) is 5.11. The van der Waals surface area contributed by atoms with Crippen molar-refractivity contribution in [3.63, 3.8) is 0 Å². The monoisotopic (exact) mass is 451 g/mol. The number of hydrogen-bond donors (Lipinski definition) is 0. The van der Waals surface area contributed by atoms with Crippen LogP contribution in [0.3, 0.4) is 0 Å². The van der Waals surface area contributed by atoms with E-state index < -0.39 is 5.60 Å². The fourth-order valence-electron chi connectivity index (χ4n) is 5.11. The van der Waals surface area contributed by atoms with Gasteiger partial charge in [0.15, 0.2) is 0 Å². The second-order valence-electron chi connectivity index (χ2n) is 10.6. The number of carbonyl (C=O) groups is 3. The minimum absolute atomic E-state index is 0.0624. The molecule has 3 fully saturated rings. The number of likely N-dealkylation sites (tertiary alicyclic amines) is 3. The van der Waals surface area contributed by atoms with Crippen molar-refractivity contribution in [2.45, 2.75) is 64.9 Å². The third-order valence-electron chi connectivity index (χ3n) is 7.06. The number of amides is 2. The van der Waals surface area contributed by atoms with Crippen LogP contribution in [0.25, 0.3) is 0 Å². The first-order valence-electron chi connectivity index (χ1n) is 12.2. The third kappa shape index (κ3) is 6.83. The van der Waals surface area contributed by atoms with Crippen LogP contribution in [0, 0.1) is 17.8 Å². The van der Waals surface area contributed by atoms with E-state index in [4.69, 9.17) is 9.47 Å². The van der Waals surface area contributed by atoms with Gasteiger partial charge in [-0.1, -0.05) is 0 Å². The van der Waals surface area contributed by atoms with Crippen LogP contribution in [-0.2, 0) is 19.1 Å². The van der Waals surface area contributed by atoms with Crippen molar-refractivity contribution >= 4 is 18.0 Å². The van der Waals surface area contributed by atoms with Crippen molar-refractivity contribution < 1.29 is 23.9 Å². The van der Waals surface area contributed by atoms with E-state index in [1.165, 1.54) is 7.11 Å². The molecule has 0 radical (unpaired) electrons. The Morgan fingerprint density at radius 1 is 0.781 bits per heavy atom. The standard InChI is InChI=1S/C24H41N3O5/c1-24(2,3)32-23(30)27-13-5-18(6-14-27)17-25-11-7-19(8-12-25)21(28)26-15-9-20(10-16-26)22(29)31-4/h18-20H,5-17H2,1-4H3. The normalized spacial score (nSPS) is 22.6. The third-order valence-corrected chi connectivity index (χ3v) is 7.06. The van der Waals surface area contributed by atoms with Crippen LogP contribution in [0.2, 0.25) is 0 Å². The predicted molar refractivity (Wildman–Crippen MR) is 121 cm³/mol. The van der Waals surface area contributed by atoms with Gasteiger partial charge in [0, 0.05) is 38.6 Å². The van der Waals surface area contributed by atoms with Crippen LogP contribution in [0.4, 0.5) is 4.79 Å². The summed E-state index contributed by atoms with van der Waals surface area (Å²) in [5.41, 5.74) is -0.451. The summed E-state index contributed by atoms with van der Waals surface area (Å²) in [4.78, 5) is 43.1. The first-order chi connectivity index (χ1) is 15.2. The van der Waals surface area contributed by atoms with Gasteiger partial charge < -0.3 is 24.2 Å². The maximum Gasteiger partial charge on any atom is 0.410 e. The minimum atomic E-state index is -0.451. The van der Waals surface area contributed by atoms with E-state index >= 15 is 0 Å². The van der Waals surface area contributed by atoms with E-state index in [9.17, 15) is 14.4 Å². The molecule has 0 aliphatic carbocycles. The largest absolute Gasteiger partial charge is 0.469 e. The Kier molecular flexibility index (Phi) is 8.42. The number of esters is 1. The molecule has 0 atom stereocenters. The molecule has 8 heteroatoms. The number of methoxy groups -OCH3 is 1. The Bertz CT molecular complexity index is 653. The Balaban J connectivity index is 1.35. The fraction of sp³-hybridized carbons (Fsp3) is 0.875. The summed E-state index contributed by atoms with van der Waals surface area (Å²) >= 11 is 0. The molecule has 3 rings (SSSR count). The van der Waals surface area contributed by atoms with Gasteiger partial charge in [0.1, 0.15) is 5.60 Å².